The molecule has 0 aromatic heterocycles. The van der Waals surface area contributed by atoms with E-state index in [1.807, 2.05) is 0 Å². The molecule has 0 saturated heterocycles. The van der Waals surface area contributed by atoms with Crippen molar-refractivity contribution in [3.05, 3.63) is 24.3 Å². The van der Waals surface area contributed by atoms with Crippen LogP contribution in [-0.2, 0) is 0 Å². The summed E-state index contributed by atoms with van der Waals surface area (Å²) in [6.45, 7) is 15.7. The minimum absolute atomic E-state index is 0.0568. The van der Waals surface area contributed by atoms with Crippen LogP contribution in [0.15, 0.2) is 24.3 Å². The predicted octanol–water partition coefficient (Wildman–Crippen LogP) is 4.97. The Morgan fingerprint density at radius 1 is 1.24 bits per heavy atom. The van der Waals surface area contributed by atoms with Crippen LogP contribution in [0, 0.1) is 35.0 Å². The fraction of sp³-hybridized carbons (Fsp3) is 0.800. The highest BCUT2D eigenvalue weighted by Crippen LogP contribution is 2.62. The lowest BCUT2D eigenvalue weighted by Gasteiger charge is -2.60. The molecule has 7 atom stereocenters. The Morgan fingerprint density at radius 2 is 1.95 bits per heavy atom. The molecule has 3 saturated carbocycles. The van der Waals surface area contributed by atoms with Crippen molar-refractivity contribution in [3.63, 3.8) is 0 Å². The van der Waals surface area contributed by atoms with Gasteiger partial charge < -0.3 is 5.11 Å². The van der Waals surface area contributed by atoms with E-state index in [0.717, 1.165) is 24.7 Å². The van der Waals surface area contributed by atoms with Gasteiger partial charge in [0.15, 0.2) is 0 Å². The Kier molecular flexibility index (Phi) is 3.84. The van der Waals surface area contributed by atoms with Crippen molar-refractivity contribution >= 4 is 0 Å². The van der Waals surface area contributed by atoms with Gasteiger partial charge in [-0.1, -0.05) is 38.2 Å². The number of fused-ring (bicyclic) bond motifs is 3. The lowest BCUT2D eigenvalue weighted by molar-refractivity contribution is -0.111. The van der Waals surface area contributed by atoms with E-state index in [0.29, 0.717) is 17.8 Å². The van der Waals surface area contributed by atoms with Gasteiger partial charge in [0.05, 0.1) is 6.10 Å². The number of aliphatic hydroxyl groups is 1. The fourth-order valence-corrected chi connectivity index (χ4v) is 6.05. The highest BCUT2D eigenvalue weighted by molar-refractivity contribution is 5.21. The lowest BCUT2D eigenvalue weighted by Crippen LogP contribution is -2.55. The molecule has 0 spiro atoms. The van der Waals surface area contributed by atoms with Gasteiger partial charge in [-0.3, -0.25) is 0 Å². The Labute approximate surface area is 130 Å². The van der Waals surface area contributed by atoms with E-state index < -0.39 is 0 Å². The second-order valence-corrected chi connectivity index (χ2v) is 8.48. The maximum atomic E-state index is 10.7. The third-order valence-corrected chi connectivity index (χ3v) is 7.31. The normalized spacial score (nSPS) is 50.2. The van der Waals surface area contributed by atoms with E-state index in [-0.39, 0.29) is 11.5 Å². The third kappa shape index (κ3) is 2.23. The molecule has 1 heteroatoms. The predicted molar refractivity (Wildman–Crippen MR) is 88.9 cm³/mol. The van der Waals surface area contributed by atoms with Gasteiger partial charge in [-0.05, 0) is 75.0 Å². The van der Waals surface area contributed by atoms with E-state index in [1.165, 1.54) is 36.8 Å². The zero-order valence-corrected chi connectivity index (χ0v) is 14.1. The number of aliphatic hydroxyl groups excluding tert-OH is 1. The second-order valence-electron chi connectivity index (χ2n) is 8.48. The summed E-state index contributed by atoms with van der Waals surface area (Å²) < 4.78 is 0. The lowest BCUT2D eigenvalue weighted by atomic mass is 9.45. The highest BCUT2D eigenvalue weighted by Gasteiger charge is 2.56. The molecule has 1 nitrogen and oxygen atoms in total. The van der Waals surface area contributed by atoms with Gasteiger partial charge in [-0.15, -0.1) is 0 Å². The molecule has 0 aromatic carbocycles. The van der Waals surface area contributed by atoms with Gasteiger partial charge in [0.1, 0.15) is 0 Å². The molecular formula is C20H32O. The molecule has 0 heterocycles. The molecule has 3 fully saturated rings. The number of allylic oxidation sites excluding steroid dienone is 2. The van der Waals surface area contributed by atoms with Crippen LogP contribution in [0.1, 0.15) is 59.3 Å². The van der Waals surface area contributed by atoms with E-state index in [9.17, 15) is 5.11 Å². The van der Waals surface area contributed by atoms with Crippen LogP contribution < -0.4 is 0 Å². The zero-order valence-electron chi connectivity index (χ0n) is 14.1. The molecule has 0 bridgehead atoms. The van der Waals surface area contributed by atoms with Gasteiger partial charge >= 0.3 is 0 Å². The Hall–Kier alpha value is -0.560. The first-order valence-electron chi connectivity index (χ1n) is 8.87. The summed E-state index contributed by atoms with van der Waals surface area (Å²) in [4.78, 5) is 0. The summed E-state index contributed by atoms with van der Waals surface area (Å²) in [5.41, 5.74) is 2.83. The molecule has 0 aromatic rings. The van der Waals surface area contributed by atoms with Crippen LogP contribution in [-0.4, -0.2) is 11.2 Å². The average Bonchev–Trinajstić information content (AvgIpc) is 2.43. The zero-order chi connectivity index (χ0) is 15.4. The number of hydrogen-bond acceptors (Lipinski definition) is 1. The van der Waals surface area contributed by atoms with Crippen LogP contribution >= 0.6 is 0 Å². The van der Waals surface area contributed by atoms with Crippen molar-refractivity contribution in [2.24, 2.45) is 35.0 Å². The molecule has 3 aliphatic carbocycles. The molecule has 0 amide bonds. The standard InChI is InChI=1S/C20H32O/c1-12(2)15-8-6-13(3)16-10-11-20(5)17(21)9-7-14(4)19(20)18(15)16/h13,15-19,21H,1,4,6-11H2,2-3,5H3/t13-,15-,16+,17-,18+,19-,20+/m0/s1. The number of hydrogen-bond donors (Lipinski definition) is 1. The Balaban J connectivity index is 2.02. The maximum absolute atomic E-state index is 10.7. The van der Waals surface area contributed by atoms with Gasteiger partial charge in [-0.25, -0.2) is 0 Å². The Morgan fingerprint density at radius 3 is 2.62 bits per heavy atom. The molecule has 1 N–H and O–H groups in total. The number of rotatable bonds is 1. The maximum Gasteiger partial charge on any atom is 0.0602 e. The van der Waals surface area contributed by atoms with Crippen LogP contribution in [0.4, 0.5) is 0 Å². The van der Waals surface area contributed by atoms with Crippen LogP contribution in [0.5, 0.6) is 0 Å². The van der Waals surface area contributed by atoms with Crippen molar-refractivity contribution in [1.82, 2.24) is 0 Å². The minimum atomic E-state index is -0.142. The van der Waals surface area contributed by atoms with E-state index in [4.69, 9.17) is 0 Å². The first kappa shape index (κ1) is 15.3. The summed E-state index contributed by atoms with van der Waals surface area (Å²) in [5, 5.41) is 10.7. The van der Waals surface area contributed by atoms with Crippen molar-refractivity contribution < 1.29 is 5.11 Å². The quantitative estimate of drug-likeness (QED) is 0.676. The summed E-state index contributed by atoms with van der Waals surface area (Å²) in [6, 6.07) is 0. The fourth-order valence-electron chi connectivity index (χ4n) is 6.05. The van der Waals surface area contributed by atoms with Gasteiger partial charge in [0.25, 0.3) is 0 Å². The van der Waals surface area contributed by atoms with Crippen molar-refractivity contribution in [1.29, 1.82) is 0 Å². The highest BCUT2D eigenvalue weighted by atomic mass is 16.3. The van der Waals surface area contributed by atoms with E-state index in [1.54, 1.807) is 0 Å². The third-order valence-electron chi connectivity index (χ3n) is 7.31. The molecule has 0 radical (unpaired) electrons. The van der Waals surface area contributed by atoms with Crippen molar-refractivity contribution in [3.8, 4) is 0 Å². The van der Waals surface area contributed by atoms with E-state index in [2.05, 4.69) is 33.9 Å². The SMILES string of the molecule is C=C(C)[C@@H]1CC[C@H](C)[C@H]2CC[C@]3(C)[C@@H](O)CCC(=C)[C@H]3[C@@H]21. The summed E-state index contributed by atoms with van der Waals surface area (Å²) in [6.07, 6.45) is 6.87. The van der Waals surface area contributed by atoms with Gasteiger partial charge in [-0.2, -0.15) is 0 Å². The molecular weight excluding hydrogens is 256 g/mol. The first-order chi connectivity index (χ1) is 9.86. The van der Waals surface area contributed by atoms with Gasteiger partial charge in [0, 0.05) is 5.41 Å². The second kappa shape index (κ2) is 5.26. The molecule has 0 unspecified atom stereocenters. The first-order valence-corrected chi connectivity index (χ1v) is 8.87. The molecule has 21 heavy (non-hydrogen) atoms. The topological polar surface area (TPSA) is 20.2 Å². The average molecular weight is 288 g/mol. The van der Waals surface area contributed by atoms with Crippen LogP contribution in [0.25, 0.3) is 0 Å². The minimum Gasteiger partial charge on any atom is -0.393 e. The smallest absolute Gasteiger partial charge is 0.0602 e. The van der Waals surface area contributed by atoms with Gasteiger partial charge in [0.2, 0.25) is 0 Å². The molecule has 0 aliphatic heterocycles. The van der Waals surface area contributed by atoms with Crippen molar-refractivity contribution in [2.45, 2.75) is 65.4 Å². The molecule has 3 rings (SSSR count). The molecule has 3 aliphatic rings. The van der Waals surface area contributed by atoms with Crippen LogP contribution in [0.3, 0.4) is 0 Å². The van der Waals surface area contributed by atoms with Crippen molar-refractivity contribution in [2.75, 3.05) is 0 Å². The van der Waals surface area contributed by atoms with E-state index >= 15 is 0 Å². The summed E-state index contributed by atoms with van der Waals surface area (Å²) in [5.74, 6) is 3.44. The molecule has 118 valence electrons. The summed E-state index contributed by atoms with van der Waals surface area (Å²) >= 11 is 0. The monoisotopic (exact) mass is 288 g/mol. The van der Waals surface area contributed by atoms with Crippen LogP contribution in [0.2, 0.25) is 0 Å². The largest absolute Gasteiger partial charge is 0.393 e. The summed E-state index contributed by atoms with van der Waals surface area (Å²) in [7, 11) is 0. The Bertz CT molecular complexity index is 451.